The molecule has 1 heterocycles. The zero-order chi connectivity index (χ0) is 20.1. The summed E-state index contributed by atoms with van der Waals surface area (Å²) in [6.07, 6.45) is -1.08. The van der Waals surface area contributed by atoms with E-state index in [2.05, 4.69) is 32.8 Å². The lowest BCUT2D eigenvalue weighted by atomic mass is 10.1. The summed E-state index contributed by atoms with van der Waals surface area (Å²) in [6, 6.07) is 7.16. The second kappa shape index (κ2) is 8.88. The van der Waals surface area contributed by atoms with Crippen molar-refractivity contribution in [2.24, 2.45) is 16.9 Å². The Morgan fingerprint density at radius 1 is 1.22 bits per heavy atom. The number of hydrogen-bond donors (Lipinski definition) is 0. The normalized spacial score (nSPS) is 16.4. The lowest BCUT2D eigenvalue weighted by Crippen LogP contribution is -2.49. The van der Waals surface area contributed by atoms with Crippen molar-refractivity contribution in [2.45, 2.75) is 40.8 Å². The molecule has 0 fully saturated rings. The molecule has 0 N–H and O–H groups in total. The maximum atomic E-state index is 13.1. The van der Waals surface area contributed by atoms with E-state index in [4.69, 9.17) is 9.47 Å². The molecule has 1 aliphatic rings. The van der Waals surface area contributed by atoms with Crippen molar-refractivity contribution in [3.05, 3.63) is 29.8 Å². The molecule has 27 heavy (non-hydrogen) atoms. The van der Waals surface area contributed by atoms with Crippen LogP contribution in [0.3, 0.4) is 0 Å². The third-order valence-corrected chi connectivity index (χ3v) is 3.98. The van der Waals surface area contributed by atoms with Crippen LogP contribution in [0.1, 0.15) is 40.2 Å². The highest BCUT2D eigenvalue weighted by molar-refractivity contribution is 6.00. The number of carbonyl (C=O) groups is 2. The standard InChI is InChI=1S/C20H29N3O4/c1-13(2)11-22(12-14(3)4)19(25)20-23(15(5)24)21-18(27-20)16-8-7-9-17(10-16)26-6/h7-10,13-14,20H,11-12H2,1-6H3. The van der Waals surface area contributed by atoms with Crippen molar-refractivity contribution in [2.75, 3.05) is 20.2 Å². The van der Waals surface area contributed by atoms with Crippen LogP contribution in [0.4, 0.5) is 0 Å². The Kier molecular flexibility index (Phi) is 6.82. The van der Waals surface area contributed by atoms with Gasteiger partial charge in [0.2, 0.25) is 11.8 Å². The molecule has 1 unspecified atom stereocenters. The van der Waals surface area contributed by atoms with Gasteiger partial charge in [0, 0.05) is 25.6 Å². The predicted octanol–water partition coefficient (Wildman–Crippen LogP) is 2.70. The first-order valence-corrected chi connectivity index (χ1v) is 9.21. The van der Waals surface area contributed by atoms with Crippen molar-refractivity contribution < 1.29 is 19.1 Å². The topological polar surface area (TPSA) is 71.4 Å². The Labute approximate surface area is 160 Å². The van der Waals surface area contributed by atoms with E-state index >= 15 is 0 Å². The van der Waals surface area contributed by atoms with Gasteiger partial charge in [-0.15, -0.1) is 5.10 Å². The first kappa shape index (κ1) is 20.7. The summed E-state index contributed by atoms with van der Waals surface area (Å²) in [6.45, 7) is 10.8. The van der Waals surface area contributed by atoms with E-state index in [-0.39, 0.29) is 17.7 Å². The van der Waals surface area contributed by atoms with E-state index in [1.807, 2.05) is 0 Å². The van der Waals surface area contributed by atoms with E-state index in [1.165, 1.54) is 6.92 Å². The fraction of sp³-hybridized carbons (Fsp3) is 0.550. The molecule has 0 saturated heterocycles. The first-order chi connectivity index (χ1) is 12.7. The number of nitrogens with zero attached hydrogens (tertiary/aromatic N) is 3. The van der Waals surface area contributed by atoms with Gasteiger partial charge in [-0.2, -0.15) is 5.01 Å². The number of hydrazone groups is 1. The summed E-state index contributed by atoms with van der Waals surface area (Å²) in [4.78, 5) is 27.0. The van der Waals surface area contributed by atoms with Crippen LogP contribution >= 0.6 is 0 Å². The number of rotatable bonds is 7. The van der Waals surface area contributed by atoms with E-state index < -0.39 is 6.23 Å². The fourth-order valence-electron chi connectivity index (χ4n) is 2.89. The molecule has 0 spiro atoms. The first-order valence-electron chi connectivity index (χ1n) is 9.21. The molecule has 1 aliphatic heterocycles. The molecule has 0 radical (unpaired) electrons. The Morgan fingerprint density at radius 2 is 1.85 bits per heavy atom. The molecular formula is C20H29N3O4. The maximum absolute atomic E-state index is 13.1. The minimum absolute atomic E-state index is 0.233. The van der Waals surface area contributed by atoms with Crippen molar-refractivity contribution in [1.29, 1.82) is 0 Å². The lowest BCUT2D eigenvalue weighted by molar-refractivity contribution is -0.154. The van der Waals surface area contributed by atoms with E-state index in [0.717, 1.165) is 5.01 Å². The molecule has 0 saturated carbocycles. The minimum atomic E-state index is -1.08. The van der Waals surface area contributed by atoms with Crippen molar-refractivity contribution >= 4 is 17.7 Å². The molecule has 0 bridgehead atoms. The summed E-state index contributed by atoms with van der Waals surface area (Å²) in [5, 5.41) is 5.37. The Hall–Kier alpha value is -2.57. The van der Waals surface area contributed by atoms with Crippen molar-refractivity contribution in [3.8, 4) is 5.75 Å². The van der Waals surface area contributed by atoms with Crippen LogP contribution in [0.2, 0.25) is 0 Å². The van der Waals surface area contributed by atoms with Gasteiger partial charge in [-0.25, -0.2) is 0 Å². The number of methoxy groups -OCH3 is 1. The highest BCUT2D eigenvalue weighted by atomic mass is 16.5. The van der Waals surface area contributed by atoms with Crippen LogP contribution in [0.5, 0.6) is 5.75 Å². The van der Waals surface area contributed by atoms with E-state index in [1.54, 1.807) is 36.3 Å². The molecule has 7 nitrogen and oxygen atoms in total. The van der Waals surface area contributed by atoms with Crippen molar-refractivity contribution in [3.63, 3.8) is 0 Å². The van der Waals surface area contributed by atoms with Gasteiger partial charge in [0.05, 0.1) is 7.11 Å². The van der Waals surface area contributed by atoms with Crippen LogP contribution in [-0.4, -0.2) is 54.0 Å². The van der Waals surface area contributed by atoms with Gasteiger partial charge < -0.3 is 14.4 Å². The van der Waals surface area contributed by atoms with Gasteiger partial charge >= 0.3 is 0 Å². The van der Waals surface area contributed by atoms with Crippen LogP contribution < -0.4 is 4.74 Å². The molecule has 148 valence electrons. The summed E-state index contributed by atoms with van der Waals surface area (Å²) >= 11 is 0. The highest BCUT2D eigenvalue weighted by Crippen LogP contribution is 2.22. The number of carbonyl (C=O) groups excluding carboxylic acids is 2. The summed E-state index contributed by atoms with van der Waals surface area (Å²) in [5.41, 5.74) is 0.648. The molecule has 0 aliphatic carbocycles. The van der Waals surface area contributed by atoms with Gasteiger partial charge in [-0.05, 0) is 30.0 Å². The van der Waals surface area contributed by atoms with Gasteiger partial charge in [-0.3, -0.25) is 9.59 Å². The van der Waals surface area contributed by atoms with Gasteiger partial charge in [0.25, 0.3) is 12.1 Å². The molecule has 1 atom stereocenters. The predicted molar refractivity (Wildman–Crippen MR) is 103 cm³/mol. The molecular weight excluding hydrogens is 346 g/mol. The number of hydrogen-bond acceptors (Lipinski definition) is 5. The lowest BCUT2D eigenvalue weighted by Gasteiger charge is -2.30. The van der Waals surface area contributed by atoms with E-state index in [0.29, 0.717) is 36.2 Å². The summed E-state index contributed by atoms with van der Waals surface area (Å²) in [7, 11) is 1.57. The quantitative estimate of drug-likeness (QED) is 0.735. The monoisotopic (exact) mass is 375 g/mol. The molecule has 2 amide bonds. The second-order valence-electron chi connectivity index (χ2n) is 7.50. The van der Waals surface area contributed by atoms with Gasteiger partial charge in [0.1, 0.15) is 5.75 Å². The molecule has 0 aromatic heterocycles. The zero-order valence-corrected chi connectivity index (χ0v) is 16.9. The average Bonchev–Trinajstić information content (AvgIpc) is 3.05. The average molecular weight is 375 g/mol. The van der Waals surface area contributed by atoms with Crippen molar-refractivity contribution in [1.82, 2.24) is 9.91 Å². The smallest absolute Gasteiger partial charge is 0.287 e. The molecule has 7 heteroatoms. The number of benzene rings is 1. The number of amides is 2. The van der Waals surface area contributed by atoms with Crippen LogP contribution in [0, 0.1) is 11.8 Å². The van der Waals surface area contributed by atoms with Gasteiger partial charge in [-0.1, -0.05) is 33.8 Å². The van der Waals surface area contributed by atoms with Gasteiger partial charge in [0.15, 0.2) is 0 Å². The Balaban J connectivity index is 2.27. The second-order valence-corrected chi connectivity index (χ2v) is 7.50. The zero-order valence-electron chi connectivity index (χ0n) is 16.9. The van der Waals surface area contributed by atoms with Crippen LogP contribution in [0.25, 0.3) is 0 Å². The fourth-order valence-corrected chi connectivity index (χ4v) is 2.89. The highest BCUT2D eigenvalue weighted by Gasteiger charge is 2.40. The molecule has 1 aromatic carbocycles. The number of ether oxygens (including phenoxy) is 2. The largest absolute Gasteiger partial charge is 0.497 e. The minimum Gasteiger partial charge on any atom is -0.497 e. The van der Waals surface area contributed by atoms with Crippen LogP contribution in [0.15, 0.2) is 29.4 Å². The SMILES string of the molecule is COc1cccc(C2=NN(C(C)=O)C(C(=O)N(CC(C)C)CC(C)C)O2)c1. The maximum Gasteiger partial charge on any atom is 0.287 e. The third kappa shape index (κ3) is 5.21. The summed E-state index contributed by atoms with van der Waals surface area (Å²) in [5.74, 6) is 0.882. The van der Waals surface area contributed by atoms with Crippen LogP contribution in [-0.2, 0) is 14.3 Å². The Bertz CT molecular complexity index is 705. The Morgan fingerprint density at radius 3 is 2.37 bits per heavy atom. The van der Waals surface area contributed by atoms with E-state index in [9.17, 15) is 9.59 Å². The molecule has 2 rings (SSSR count). The third-order valence-electron chi connectivity index (χ3n) is 3.98. The molecule has 1 aromatic rings. The summed E-state index contributed by atoms with van der Waals surface area (Å²) < 4.78 is 11.1.